The van der Waals surface area contributed by atoms with Crippen molar-refractivity contribution in [1.82, 2.24) is 5.32 Å². The number of carbonyl (C=O) groups is 1. The van der Waals surface area contributed by atoms with Crippen LogP contribution in [0.4, 0.5) is 4.79 Å². The third-order valence-corrected chi connectivity index (χ3v) is 6.34. The van der Waals surface area contributed by atoms with E-state index in [0.717, 1.165) is 5.75 Å². The van der Waals surface area contributed by atoms with Crippen LogP contribution in [0.25, 0.3) is 0 Å². The van der Waals surface area contributed by atoms with Crippen LogP contribution in [0.15, 0.2) is 60.7 Å². The van der Waals surface area contributed by atoms with Crippen LogP contribution in [0, 0.1) is 0 Å². The maximum atomic E-state index is 11.5. The molecule has 0 aliphatic carbocycles. The second-order valence-corrected chi connectivity index (χ2v) is 8.70. The first-order valence-corrected chi connectivity index (χ1v) is 10.1. The first-order valence-electron chi connectivity index (χ1n) is 7.58. The van der Waals surface area contributed by atoms with Gasteiger partial charge in [-0.1, -0.05) is 0 Å². The SMILES string of the molecule is CCOC(=O)NCC(COc1ccccc1)[Te]c1ccccc1. The molecule has 0 heterocycles. The van der Waals surface area contributed by atoms with Crippen molar-refractivity contribution in [2.45, 2.75) is 10.9 Å². The van der Waals surface area contributed by atoms with E-state index in [2.05, 4.69) is 17.4 Å². The van der Waals surface area contributed by atoms with Crippen LogP contribution in [-0.2, 0) is 4.74 Å². The number of carbonyl (C=O) groups excluding carboxylic acids is 1. The molecule has 0 aliphatic rings. The molecular formula is C18H21NO3Te. The van der Waals surface area contributed by atoms with E-state index in [0.29, 0.717) is 23.7 Å². The summed E-state index contributed by atoms with van der Waals surface area (Å²) in [6.07, 6.45) is -0.363. The van der Waals surface area contributed by atoms with Crippen LogP contribution in [0.3, 0.4) is 0 Å². The predicted molar refractivity (Wildman–Crippen MR) is 92.5 cm³/mol. The monoisotopic (exact) mass is 429 g/mol. The molecule has 1 amide bonds. The summed E-state index contributed by atoms with van der Waals surface area (Å²) in [6, 6.07) is 20.2. The number of hydrogen-bond acceptors (Lipinski definition) is 3. The van der Waals surface area contributed by atoms with Gasteiger partial charge in [0.25, 0.3) is 0 Å². The van der Waals surface area contributed by atoms with Crippen molar-refractivity contribution in [1.29, 1.82) is 0 Å². The summed E-state index contributed by atoms with van der Waals surface area (Å²) in [4.78, 5) is 11.5. The quantitative estimate of drug-likeness (QED) is 0.660. The van der Waals surface area contributed by atoms with Crippen molar-refractivity contribution in [3.63, 3.8) is 0 Å². The molecule has 0 bridgehead atoms. The Labute approximate surface area is 147 Å². The molecule has 0 radical (unpaired) electrons. The molecule has 2 rings (SSSR count). The molecule has 1 unspecified atom stereocenters. The molecule has 0 saturated carbocycles. The zero-order valence-corrected chi connectivity index (χ0v) is 15.4. The molecule has 2 aromatic rings. The van der Waals surface area contributed by atoms with Gasteiger partial charge in [0, 0.05) is 0 Å². The topological polar surface area (TPSA) is 47.6 Å². The molecule has 1 atom stereocenters. The van der Waals surface area contributed by atoms with E-state index in [1.807, 2.05) is 48.5 Å². The van der Waals surface area contributed by atoms with Crippen LogP contribution in [0.1, 0.15) is 6.92 Å². The molecule has 0 spiro atoms. The van der Waals surface area contributed by atoms with Gasteiger partial charge in [-0.15, -0.1) is 0 Å². The van der Waals surface area contributed by atoms with Gasteiger partial charge in [-0.05, 0) is 0 Å². The molecule has 5 heteroatoms. The molecule has 0 aromatic heterocycles. The Morgan fingerprint density at radius 2 is 1.74 bits per heavy atom. The van der Waals surface area contributed by atoms with Gasteiger partial charge >= 0.3 is 147 Å². The van der Waals surface area contributed by atoms with Gasteiger partial charge < -0.3 is 0 Å². The number of para-hydroxylation sites is 1. The average Bonchev–Trinajstić information content (AvgIpc) is 2.59. The normalized spacial score (nSPS) is 11.5. The number of rotatable bonds is 8. The first-order chi connectivity index (χ1) is 11.3. The summed E-state index contributed by atoms with van der Waals surface area (Å²) in [7, 11) is 0. The number of benzene rings is 2. The summed E-state index contributed by atoms with van der Waals surface area (Å²) in [5.41, 5.74) is 0. The predicted octanol–water partition coefficient (Wildman–Crippen LogP) is 2.63. The number of hydrogen-bond donors (Lipinski definition) is 1. The van der Waals surface area contributed by atoms with Crippen LogP contribution >= 0.6 is 0 Å². The molecular weight excluding hydrogens is 406 g/mol. The Morgan fingerprint density at radius 1 is 1.09 bits per heavy atom. The van der Waals surface area contributed by atoms with Gasteiger partial charge in [0.05, 0.1) is 0 Å². The van der Waals surface area contributed by atoms with E-state index in [1.54, 1.807) is 6.92 Å². The van der Waals surface area contributed by atoms with Crippen LogP contribution in [0.2, 0.25) is 3.97 Å². The third kappa shape index (κ3) is 6.94. The van der Waals surface area contributed by atoms with E-state index in [1.165, 1.54) is 3.61 Å². The van der Waals surface area contributed by atoms with Gasteiger partial charge in [0.15, 0.2) is 0 Å². The maximum absolute atomic E-state index is 11.5. The standard InChI is InChI=1S/C18H21NO3Te/c1-2-21-18(20)19-13-17(23-16-11-7-4-8-12-16)14-22-15-9-5-3-6-10-15/h3-12,17H,2,13-14H2,1H3,(H,19,20). The summed E-state index contributed by atoms with van der Waals surface area (Å²) in [5, 5.41) is 2.83. The summed E-state index contributed by atoms with van der Waals surface area (Å²) in [5.74, 6) is 0.856. The minimum atomic E-state index is -0.476. The first kappa shape index (κ1) is 17.7. The fourth-order valence-corrected chi connectivity index (χ4v) is 4.77. The molecule has 23 heavy (non-hydrogen) atoms. The number of ether oxygens (including phenoxy) is 2. The Bertz CT molecular complexity index is 577. The van der Waals surface area contributed by atoms with Gasteiger partial charge in [0.1, 0.15) is 0 Å². The fraction of sp³-hybridized carbons (Fsp3) is 0.278. The zero-order chi connectivity index (χ0) is 16.3. The van der Waals surface area contributed by atoms with E-state index in [4.69, 9.17) is 9.47 Å². The minimum absolute atomic E-state index is 0.299. The van der Waals surface area contributed by atoms with Crippen LogP contribution < -0.4 is 13.7 Å². The summed E-state index contributed by atoms with van der Waals surface area (Å²) in [6.45, 7) is 3.34. The summed E-state index contributed by atoms with van der Waals surface area (Å²) < 4.78 is 12.5. The zero-order valence-electron chi connectivity index (χ0n) is 13.1. The molecule has 2 aromatic carbocycles. The third-order valence-electron chi connectivity index (χ3n) is 2.97. The van der Waals surface area contributed by atoms with Crippen molar-refractivity contribution < 1.29 is 14.3 Å². The van der Waals surface area contributed by atoms with E-state index in [-0.39, 0.29) is 6.09 Å². The molecule has 4 nitrogen and oxygen atoms in total. The van der Waals surface area contributed by atoms with E-state index in [9.17, 15) is 4.79 Å². The summed E-state index contributed by atoms with van der Waals surface area (Å²) >= 11 is -0.476. The number of amides is 1. The van der Waals surface area contributed by atoms with Gasteiger partial charge in [-0.2, -0.15) is 0 Å². The van der Waals surface area contributed by atoms with Gasteiger partial charge in [0.2, 0.25) is 0 Å². The van der Waals surface area contributed by atoms with Gasteiger partial charge in [-0.3, -0.25) is 0 Å². The van der Waals surface area contributed by atoms with Crippen LogP contribution in [-0.4, -0.2) is 46.8 Å². The van der Waals surface area contributed by atoms with Crippen molar-refractivity contribution in [2.24, 2.45) is 0 Å². The Kier molecular flexibility index (Phi) is 7.79. The van der Waals surface area contributed by atoms with E-state index >= 15 is 0 Å². The average molecular weight is 427 g/mol. The second kappa shape index (κ2) is 10.1. The van der Waals surface area contributed by atoms with Crippen molar-refractivity contribution in [2.75, 3.05) is 19.8 Å². The second-order valence-electron chi connectivity index (χ2n) is 4.78. The number of nitrogens with one attached hydrogen (secondary N) is 1. The molecule has 122 valence electrons. The van der Waals surface area contributed by atoms with Crippen molar-refractivity contribution in [3.8, 4) is 5.75 Å². The molecule has 0 fully saturated rings. The van der Waals surface area contributed by atoms with Crippen LogP contribution in [0.5, 0.6) is 5.75 Å². The Hall–Kier alpha value is -1.70. The molecule has 0 aliphatic heterocycles. The van der Waals surface area contributed by atoms with E-state index < -0.39 is 20.9 Å². The van der Waals surface area contributed by atoms with Gasteiger partial charge in [-0.25, -0.2) is 0 Å². The van der Waals surface area contributed by atoms with Crippen molar-refractivity contribution >= 4 is 30.6 Å². The fourth-order valence-electron chi connectivity index (χ4n) is 1.91. The van der Waals surface area contributed by atoms with Crippen molar-refractivity contribution in [3.05, 3.63) is 60.7 Å². The molecule has 1 N–H and O–H groups in total. The number of alkyl carbamates (subject to hydrolysis) is 1. The Morgan fingerprint density at radius 3 is 2.39 bits per heavy atom. The Balaban J connectivity index is 1.91. The molecule has 0 saturated heterocycles.